The largest absolute Gasteiger partial charge is 0.434 e. The second-order valence-electron chi connectivity index (χ2n) is 8.31. The number of allylic oxidation sites excluding steroid dienone is 3. The summed E-state index contributed by atoms with van der Waals surface area (Å²) < 4.78 is 40.5. The van der Waals surface area contributed by atoms with E-state index in [4.69, 9.17) is 0 Å². The molecule has 9 heteroatoms. The molecule has 1 unspecified atom stereocenters. The van der Waals surface area contributed by atoms with Gasteiger partial charge in [0.2, 0.25) is 0 Å². The van der Waals surface area contributed by atoms with Gasteiger partial charge >= 0.3 is 6.18 Å². The third-order valence-corrected chi connectivity index (χ3v) is 6.11. The number of aliphatic imine (C=N–C) groups is 1. The van der Waals surface area contributed by atoms with Crippen LogP contribution in [0.4, 0.5) is 19.0 Å². The van der Waals surface area contributed by atoms with Crippen LogP contribution in [0.3, 0.4) is 0 Å². The Balaban J connectivity index is 1.18. The zero-order valence-corrected chi connectivity index (χ0v) is 17.1. The van der Waals surface area contributed by atoms with Crippen molar-refractivity contribution in [3.05, 3.63) is 66.2 Å². The van der Waals surface area contributed by atoms with Gasteiger partial charge in [0.1, 0.15) is 11.5 Å². The molecule has 1 amide bonds. The highest BCUT2D eigenvalue weighted by Crippen LogP contribution is 2.30. The summed E-state index contributed by atoms with van der Waals surface area (Å²) in [6, 6.07) is 5.18. The number of imidazole rings is 1. The second-order valence-corrected chi connectivity index (χ2v) is 8.31. The van der Waals surface area contributed by atoms with Gasteiger partial charge in [0.25, 0.3) is 5.91 Å². The zero-order chi connectivity index (χ0) is 22.3. The van der Waals surface area contributed by atoms with Crippen molar-refractivity contribution in [1.82, 2.24) is 14.7 Å². The van der Waals surface area contributed by atoms with Gasteiger partial charge in [-0.15, -0.1) is 0 Å². The van der Waals surface area contributed by atoms with E-state index in [2.05, 4.69) is 20.6 Å². The molecule has 0 radical (unpaired) electrons. The number of nitrogens with zero attached hydrogens (tertiary/aromatic N) is 3. The van der Waals surface area contributed by atoms with Crippen molar-refractivity contribution in [1.29, 1.82) is 0 Å². The maximum Gasteiger partial charge on any atom is 0.434 e. The van der Waals surface area contributed by atoms with Crippen LogP contribution in [0.25, 0.3) is 5.65 Å². The number of rotatable bonds is 4. The van der Waals surface area contributed by atoms with E-state index in [1.165, 1.54) is 4.40 Å². The van der Waals surface area contributed by atoms with Crippen LogP contribution in [-0.4, -0.2) is 33.1 Å². The Hall–Kier alpha value is -3.36. The molecular formula is C23H22F3N5O. The highest BCUT2D eigenvalue weighted by Gasteiger charge is 2.34. The van der Waals surface area contributed by atoms with E-state index in [1.807, 2.05) is 18.2 Å². The number of anilines is 1. The first-order valence-electron chi connectivity index (χ1n) is 10.6. The van der Waals surface area contributed by atoms with Crippen molar-refractivity contribution in [2.45, 2.75) is 43.9 Å². The molecule has 2 N–H and O–H groups in total. The lowest BCUT2D eigenvalue weighted by Crippen LogP contribution is -2.41. The predicted molar refractivity (Wildman–Crippen MR) is 115 cm³/mol. The lowest BCUT2D eigenvalue weighted by molar-refractivity contribution is -0.140. The quantitative estimate of drug-likeness (QED) is 0.744. The number of fused-ring (bicyclic) bond motifs is 2. The molecule has 1 fully saturated rings. The monoisotopic (exact) mass is 441 g/mol. The Bertz CT molecular complexity index is 1170. The fourth-order valence-corrected chi connectivity index (χ4v) is 4.40. The van der Waals surface area contributed by atoms with Crippen molar-refractivity contribution in [3.8, 4) is 0 Å². The molecule has 6 nitrogen and oxygen atoms in total. The maximum atomic E-state index is 13.0. The Morgan fingerprint density at radius 1 is 1.09 bits per heavy atom. The van der Waals surface area contributed by atoms with Gasteiger partial charge in [-0.3, -0.25) is 14.2 Å². The van der Waals surface area contributed by atoms with Crippen molar-refractivity contribution >= 4 is 23.1 Å². The molecule has 2 aromatic heterocycles. The highest BCUT2D eigenvalue weighted by atomic mass is 19.4. The van der Waals surface area contributed by atoms with E-state index < -0.39 is 11.9 Å². The summed E-state index contributed by atoms with van der Waals surface area (Å²) in [6.07, 6.45) is 9.05. The number of nitrogens with one attached hydrogen (secondary N) is 2. The third kappa shape index (κ3) is 4.06. The highest BCUT2D eigenvalue weighted by molar-refractivity contribution is 6.07. The van der Waals surface area contributed by atoms with Crippen LogP contribution >= 0.6 is 0 Å². The molecule has 1 saturated carbocycles. The van der Waals surface area contributed by atoms with Gasteiger partial charge in [0, 0.05) is 36.0 Å². The van der Waals surface area contributed by atoms with E-state index in [0.717, 1.165) is 37.6 Å². The number of hydrogen-bond acceptors (Lipinski definition) is 4. The average molecular weight is 441 g/mol. The number of carbonyl (C=O) groups is 1. The smallest absolute Gasteiger partial charge is 0.368 e. The first-order chi connectivity index (χ1) is 15.4. The molecule has 3 aliphatic rings. The topological polar surface area (TPSA) is 70.8 Å². The Morgan fingerprint density at radius 2 is 1.88 bits per heavy atom. The molecule has 32 heavy (non-hydrogen) atoms. The molecule has 5 rings (SSSR count). The first-order valence-corrected chi connectivity index (χ1v) is 10.6. The molecule has 2 aromatic rings. The van der Waals surface area contributed by atoms with Crippen molar-refractivity contribution in [3.63, 3.8) is 0 Å². The molecule has 0 bridgehead atoms. The van der Waals surface area contributed by atoms with Gasteiger partial charge < -0.3 is 10.6 Å². The number of alkyl halides is 3. The van der Waals surface area contributed by atoms with Crippen LogP contribution < -0.4 is 10.6 Å². The van der Waals surface area contributed by atoms with Crippen molar-refractivity contribution in [2.24, 2.45) is 10.9 Å². The molecule has 1 atom stereocenters. The Kier molecular flexibility index (Phi) is 5.11. The fraction of sp³-hybridized carbons (Fsp3) is 0.348. The molecule has 166 valence electrons. The van der Waals surface area contributed by atoms with Gasteiger partial charge in [0.05, 0.1) is 5.71 Å². The predicted octanol–water partition coefficient (Wildman–Crippen LogP) is 4.27. The minimum atomic E-state index is -4.48. The molecule has 0 saturated heterocycles. The van der Waals surface area contributed by atoms with Gasteiger partial charge in [0.15, 0.2) is 5.69 Å². The molecule has 0 spiro atoms. The zero-order valence-electron chi connectivity index (χ0n) is 17.1. The maximum absolute atomic E-state index is 13.0. The van der Waals surface area contributed by atoms with E-state index >= 15 is 0 Å². The van der Waals surface area contributed by atoms with E-state index in [9.17, 15) is 18.0 Å². The standard InChI is InChI=1S/C23H22F3N5O/c24-23(25,26)19-13-31-20(2-1-3-21(31)30-19)28-16-5-7-17(8-6-16)29-22(32)15-4-9-18-14(12-15)10-11-27-18/h1-4,9-14,16-17,28H,5-8H2,(H,29,32). The summed E-state index contributed by atoms with van der Waals surface area (Å²) >= 11 is 0. The van der Waals surface area contributed by atoms with Crippen molar-refractivity contribution < 1.29 is 18.0 Å². The Morgan fingerprint density at radius 3 is 2.66 bits per heavy atom. The fourth-order valence-electron chi connectivity index (χ4n) is 4.40. The number of pyridine rings is 1. The molecular weight excluding hydrogens is 419 g/mol. The summed E-state index contributed by atoms with van der Waals surface area (Å²) in [5, 5.41) is 6.46. The molecule has 1 aliphatic heterocycles. The van der Waals surface area contributed by atoms with Crippen LogP contribution in [0.2, 0.25) is 0 Å². The van der Waals surface area contributed by atoms with Crippen LogP contribution in [0.15, 0.2) is 65.5 Å². The molecule has 3 heterocycles. The summed E-state index contributed by atoms with van der Waals surface area (Å²) in [7, 11) is 0. The number of carbonyl (C=O) groups excluding carboxylic acids is 1. The average Bonchev–Trinajstić information content (AvgIpc) is 3.42. The number of amides is 1. The normalized spacial score (nSPS) is 24.8. The Labute approximate surface area is 182 Å². The number of hydrogen-bond donors (Lipinski definition) is 2. The third-order valence-electron chi connectivity index (χ3n) is 6.11. The van der Waals surface area contributed by atoms with E-state index in [1.54, 1.807) is 30.5 Å². The minimum absolute atomic E-state index is 0.0735. The van der Waals surface area contributed by atoms with Crippen molar-refractivity contribution in [2.75, 3.05) is 5.32 Å². The van der Waals surface area contributed by atoms with Gasteiger partial charge in [-0.2, -0.15) is 13.2 Å². The van der Waals surface area contributed by atoms with Crippen LogP contribution in [0, 0.1) is 5.92 Å². The van der Waals surface area contributed by atoms with Gasteiger partial charge in [-0.1, -0.05) is 18.2 Å². The SMILES string of the molecule is O=C(NC1CCC(Nc2cccc3nc(C(F)(F)F)cn23)CC1)C1=CC2C=CN=C2C=C1. The van der Waals surface area contributed by atoms with Crippen LogP contribution in [0.5, 0.6) is 0 Å². The lowest BCUT2D eigenvalue weighted by atomic mass is 9.90. The molecule has 2 aliphatic carbocycles. The summed E-state index contributed by atoms with van der Waals surface area (Å²) in [4.78, 5) is 20.6. The van der Waals surface area contributed by atoms with Gasteiger partial charge in [-0.25, -0.2) is 4.98 Å². The lowest BCUT2D eigenvalue weighted by Gasteiger charge is -2.30. The van der Waals surface area contributed by atoms with E-state index in [0.29, 0.717) is 11.4 Å². The minimum Gasteiger partial charge on any atom is -0.368 e. The number of aromatic nitrogens is 2. The number of halogens is 3. The van der Waals surface area contributed by atoms with E-state index in [-0.39, 0.29) is 29.6 Å². The first kappa shape index (κ1) is 20.5. The summed E-state index contributed by atoms with van der Waals surface area (Å²) in [6.45, 7) is 0. The van der Waals surface area contributed by atoms with Gasteiger partial charge in [-0.05, 0) is 50.0 Å². The molecule has 0 aromatic carbocycles. The summed E-state index contributed by atoms with van der Waals surface area (Å²) in [5.41, 5.74) is 0.939. The second kappa shape index (κ2) is 7.96. The van der Waals surface area contributed by atoms with Crippen LogP contribution in [-0.2, 0) is 11.0 Å². The summed E-state index contributed by atoms with van der Waals surface area (Å²) in [5.74, 6) is 0.571. The van der Waals surface area contributed by atoms with Crippen LogP contribution in [0.1, 0.15) is 31.4 Å².